The second-order valence-electron chi connectivity index (χ2n) is 5.46. The van der Waals surface area contributed by atoms with E-state index in [1.165, 1.54) is 12.8 Å². The molecule has 0 saturated heterocycles. The number of aliphatic hydroxyl groups excluding tert-OH is 1. The number of benzene rings is 1. The molecular weight excluding hydrogens is 280 g/mol. The molecule has 0 saturated carbocycles. The number of carbonyl (C=O) groups is 1. The zero-order valence-electron chi connectivity index (χ0n) is 13.5. The molecule has 0 bridgehead atoms. The Morgan fingerprint density at radius 2 is 1.86 bits per heavy atom. The van der Waals surface area contributed by atoms with Crippen LogP contribution in [0.1, 0.15) is 51.0 Å². The first-order valence-corrected chi connectivity index (χ1v) is 8.18. The molecule has 0 radical (unpaired) electrons. The topological polar surface area (TPSA) is 55.8 Å². The van der Waals surface area contributed by atoms with Crippen LogP contribution in [-0.2, 0) is 20.9 Å². The SMILES string of the molecule is CCCCCCCC(=O)OC(CO)COCc1ccccc1. The van der Waals surface area contributed by atoms with Crippen molar-refractivity contribution in [2.75, 3.05) is 13.2 Å². The van der Waals surface area contributed by atoms with Crippen LogP contribution in [0.4, 0.5) is 0 Å². The van der Waals surface area contributed by atoms with Crippen LogP contribution >= 0.6 is 0 Å². The van der Waals surface area contributed by atoms with Crippen LogP contribution in [0.3, 0.4) is 0 Å². The van der Waals surface area contributed by atoms with Crippen LogP contribution in [0.2, 0.25) is 0 Å². The molecule has 0 heterocycles. The monoisotopic (exact) mass is 308 g/mol. The summed E-state index contributed by atoms with van der Waals surface area (Å²) in [5, 5.41) is 9.26. The molecule has 1 N–H and O–H groups in total. The van der Waals surface area contributed by atoms with Crippen molar-refractivity contribution in [3.05, 3.63) is 35.9 Å². The van der Waals surface area contributed by atoms with Crippen LogP contribution in [-0.4, -0.2) is 30.4 Å². The summed E-state index contributed by atoms with van der Waals surface area (Å²) >= 11 is 0. The van der Waals surface area contributed by atoms with E-state index < -0.39 is 6.10 Å². The van der Waals surface area contributed by atoms with E-state index in [0.717, 1.165) is 24.8 Å². The third-order valence-electron chi connectivity index (χ3n) is 3.40. The molecule has 0 aromatic heterocycles. The van der Waals surface area contributed by atoms with E-state index in [1.807, 2.05) is 30.3 Å². The van der Waals surface area contributed by atoms with E-state index in [0.29, 0.717) is 13.0 Å². The van der Waals surface area contributed by atoms with E-state index in [4.69, 9.17) is 9.47 Å². The van der Waals surface area contributed by atoms with Crippen molar-refractivity contribution in [2.24, 2.45) is 0 Å². The molecule has 0 spiro atoms. The Morgan fingerprint density at radius 1 is 1.14 bits per heavy atom. The van der Waals surface area contributed by atoms with Gasteiger partial charge in [-0.15, -0.1) is 0 Å². The van der Waals surface area contributed by atoms with E-state index >= 15 is 0 Å². The fourth-order valence-electron chi connectivity index (χ4n) is 2.12. The van der Waals surface area contributed by atoms with Gasteiger partial charge < -0.3 is 14.6 Å². The van der Waals surface area contributed by atoms with Crippen LogP contribution in [0.15, 0.2) is 30.3 Å². The van der Waals surface area contributed by atoms with Crippen molar-refractivity contribution in [1.29, 1.82) is 0 Å². The van der Waals surface area contributed by atoms with Crippen molar-refractivity contribution in [3.8, 4) is 0 Å². The number of unbranched alkanes of at least 4 members (excludes halogenated alkanes) is 4. The molecule has 1 unspecified atom stereocenters. The van der Waals surface area contributed by atoms with Gasteiger partial charge in [-0.05, 0) is 12.0 Å². The Kier molecular flexibility index (Phi) is 10.3. The standard InChI is InChI=1S/C18H28O4/c1-2-3-4-5-9-12-18(20)22-17(13-19)15-21-14-16-10-7-6-8-11-16/h6-8,10-11,17,19H,2-5,9,12-15H2,1H3. The first-order valence-electron chi connectivity index (χ1n) is 8.18. The lowest BCUT2D eigenvalue weighted by molar-refractivity contribution is -0.155. The quantitative estimate of drug-likeness (QED) is 0.474. The number of hydrogen-bond acceptors (Lipinski definition) is 4. The molecule has 1 aromatic carbocycles. The molecule has 1 atom stereocenters. The van der Waals surface area contributed by atoms with Gasteiger partial charge in [0.15, 0.2) is 0 Å². The molecule has 1 rings (SSSR count). The van der Waals surface area contributed by atoms with Gasteiger partial charge in [-0.1, -0.05) is 62.9 Å². The number of rotatable bonds is 12. The molecule has 0 fully saturated rings. The first-order chi connectivity index (χ1) is 10.8. The Hall–Kier alpha value is -1.39. The number of hydrogen-bond donors (Lipinski definition) is 1. The highest BCUT2D eigenvalue weighted by molar-refractivity contribution is 5.69. The molecule has 1 aromatic rings. The van der Waals surface area contributed by atoms with E-state index in [-0.39, 0.29) is 19.2 Å². The Morgan fingerprint density at radius 3 is 2.55 bits per heavy atom. The molecule has 0 aliphatic rings. The summed E-state index contributed by atoms with van der Waals surface area (Å²) in [6.07, 6.45) is 5.30. The van der Waals surface area contributed by atoms with Gasteiger partial charge >= 0.3 is 5.97 Å². The van der Waals surface area contributed by atoms with Crippen LogP contribution in [0.25, 0.3) is 0 Å². The van der Waals surface area contributed by atoms with Crippen molar-refractivity contribution in [1.82, 2.24) is 0 Å². The van der Waals surface area contributed by atoms with Gasteiger partial charge in [0.25, 0.3) is 0 Å². The second kappa shape index (κ2) is 12.2. The molecule has 4 heteroatoms. The second-order valence-corrected chi connectivity index (χ2v) is 5.46. The Labute approximate surface area is 133 Å². The summed E-state index contributed by atoms with van der Waals surface area (Å²) < 4.78 is 10.7. The number of ether oxygens (including phenoxy) is 2. The summed E-state index contributed by atoms with van der Waals surface area (Å²) in [5.41, 5.74) is 1.06. The minimum Gasteiger partial charge on any atom is -0.457 e. The van der Waals surface area contributed by atoms with E-state index in [1.54, 1.807) is 0 Å². The Bertz CT molecular complexity index is 391. The average molecular weight is 308 g/mol. The summed E-state index contributed by atoms with van der Waals surface area (Å²) in [6.45, 7) is 2.62. The third-order valence-corrected chi connectivity index (χ3v) is 3.40. The molecular formula is C18H28O4. The minimum atomic E-state index is -0.577. The van der Waals surface area contributed by atoms with E-state index in [9.17, 15) is 9.90 Å². The number of carbonyl (C=O) groups excluding carboxylic acids is 1. The predicted octanol–water partition coefficient (Wildman–Crippen LogP) is 3.47. The van der Waals surface area contributed by atoms with Crippen molar-refractivity contribution in [2.45, 2.75) is 58.2 Å². The van der Waals surface area contributed by atoms with Crippen molar-refractivity contribution >= 4 is 5.97 Å². The van der Waals surface area contributed by atoms with Gasteiger partial charge in [0.1, 0.15) is 6.10 Å². The summed E-state index contributed by atoms with van der Waals surface area (Å²) in [5.74, 6) is -0.251. The van der Waals surface area contributed by atoms with Gasteiger partial charge in [-0.2, -0.15) is 0 Å². The zero-order chi connectivity index (χ0) is 16.0. The maximum Gasteiger partial charge on any atom is 0.306 e. The summed E-state index contributed by atoms with van der Waals surface area (Å²) in [7, 11) is 0. The van der Waals surface area contributed by atoms with Gasteiger partial charge in [0.2, 0.25) is 0 Å². The summed E-state index contributed by atoms with van der Waals surface area (Å²) in [6, 6.07) is 9.77. The van der Waals surface area contributed by atoms with Crippen molar-refractivity contribution in [3.63, 3.8) is 0 Å². The number of esters is 1. The van der Waals surface area contributed by atoms with Crippen LogP contribution in [0, 0.1) is 0 Å². The normalized spacial score (nSPS) is 12.1. The fourth-order valence-corrected chi connectivity index (χ4v) is 2.12. The summed E-state index contributed by atoms with van der Waals surface area (Å²) in [4.78, 5) is 11.7. The molecule has 22 heavy (non-hydrogen) atoms. The molecule has 124 valence electrons. The van der Waals surface area contributed by atoms with Gasteiger partial charge in [0.05, 0.1) is 19.8 Å². The average Bonchev–Trinajstić information content (AvgIpc) is 2.54. The minimum absolute atomic E-state index is 0.212. The van der Waals surface area contributed by atoms with Crippen LogP contribution in [0.5, 0.6) is 0 Å². The van der Waals surface area contributed by atoms with Crippen molar-refractivity contribution < 1.29 is 19.4 Å². The predicted molar refractivity (Wildman–Crippen MR) is 86.4 cm³/mol. The molecule has 0 aliphatic heterocycles. The Balaban J connectivity index is 2.14. The maximum absolute atomic E-state index is 11.7. The largest absolute Gasteiger partial charge is 0.457 e. The highest BCUT2D eigenvalue weighted by atomic mass is 16.6. The highest BCUT2D eigenvalue weighted by Gasteiger charge is 2.13. The smallest absolute Gasteiger partial charge is 0.306 e. The molecule has 0 amide bonds. The molecule has 4 nitrogen and oxygen atoms in total. The maximum atomic E-state index is 11.7. The number of aliphatic hydroxyl groups is 1. The van der Waals surface area contributed by atoms with Gasteiger partial charge in [0, 0.05) is 6.42 Å². The zero-order valence-corrected chi connectivity index (χ0v) is 13.5. The highest BCUT2D eigenvalue weighted by Crippen LogP contribution is 2.07. The lowest BCUT2D eigenvalue weighted by Gasteiger charge is -2.16. The lowest BCUT2D eigenvalue weighted by Crippen LogP contribution is -2.27. The first kappa shape index (κ1) is 18.7. The molecule has 0 aliphatic carbocycles. The van der Waals surface area contributed by atoms with Gasteiger partial charge in [-0.25, -0.2) is 0 Å². The van der Waals surface area contributed by atoms with Crippen LogP contribution < -0.4 is 0 Å². The fraction of sp³-hybridized carbons (Fsp3) is 0.611. The lowest BCUT2D eigenvalue weighted by atomic mass is 10.1. The third kappa shape index (κ3) is 8.80. The van der Waals surface area contributed by atoms with E-state index in [2.05, 4.69) is 6.92 Å². The van der Waals surface area contributed by atoms with Gasteiger partial charge in [-0.3, -0.25) is 4.79 Å².